The van der Waals surface area contributed by atoms with Crippen LogP contribution in [0.1, 0.15) is 18.5 Å². The number of aryl methyl sites for hydroxylation is 1. The summed E-state index contributed by atoms with van der Waals surface area (Å²) in [6, 6.07) is 21.8. The lowest BCUT2D eigenvalue weighted by atomic mass is 10.1. The Bertz CT molecular complexity index is 1400. The first-order chi connectivity index (χ1) is 16.0. The van der Waals surface area contributed by atoms with Gasteiger partial charge in [0.2, 0.25) is 5.95 Å². The van der Waals surface area contributed by atoms with Crippen molar-refractivity contribution in [2.75, 3.05) is 28.0 Å². The van der Waals surface area contributed by atoms with E-state index in [1.54, 1.807) is 36.4 Å². The predicted octanol–water partition coefficient (Wildman–Crippen LogP) is 5.08. The molecule has 4 aromatic rings. The van der Waals surface area contributed by atoms with Crippen molar-refractivity contribution in [1.82, 2.24) is 9.97 Å². The lowest BCUT2D eigenvalue weighted by Gasteiger charge is -2.17. The molecule has 1 aliphatic rings. The van der Waals surface area contributed by atoms with Crippen LogP contribution in [0.5, 0.6) is 0 Å². The van der Waals surface area contributed by atoms with Crippen molar-refractivity contribution in [3.63, 3.8) is 0 Å². The van der Waals surface area contributed by atoms with E-state index in [-0.39, 0.29) is 4.90 Å². The SMILES string of the molecule is Cc1cc(N2CCCC2)nc(Nc2ccc(NS(=O)(=O)c3ccc4ccccc4c3)cc2)n1. The second-order valence-electron chi connectivity index (χ2n) is 8.20. The first kappa shape index (κ1) is 21.2. The molecular formula is C25H25N5O2S. The van der Waals surface area contributed by atoms with Gasteiger partial charge >= 0.3 is 0 Å². The maximum absolute atomic E-state index is 12.9. The van der Waals surface area contributed by atoms with Gasteiger partial charge in [0.25, 0.3) is 10.0 Å². The van der Waals surface area contributed by atoms with Crippen molar-refractivity contribution < 1.29 is 8.42 Å². The van der Waals surface area contributed by atoms with Crippen molar-refractivity contribution in [2.24, 2.45) is 0 Å². The summed E-state index contributed by atoms with van der Waals surface area (Å²) in [4.78, 5) is 11.6. The Morgan fingerprint density at radius 1 is 0.818 bits per heavy atom. The molecule has 0 saturated carbocycles. The fraction of sp³-hybridized carbons (Fsp3) is 0.200. The van der Waals surface area contributed by atoms with E-state index >= 15 is 0 Å². The van der Waals surface area contributed by atoms with Crippen LogP contribution in [0, 0.1) is 6.92 Å². The molecule has 7 nitrogen and oxygen atoms in total. The molecule has 3 aromatic carbocycles. The quantitative estimate of drug-likeness (QED) is 0.418. The number of nitrogens with zero attached hydrogens (tertiary/aromatic N) is 3. The molecule has 0 atom stereocenters. The van der Waals surface area contributed by atoms with Crippen LogP contribution in [-0.2, 0) is 10.0 Å². The van der Waals surface area contributed by atoms with E-state index in [9.17, 15) is 8.42 Å². The molecule has 0 spiro atoms. The van der Waals surface area contributed by atoms with E-state index in [0.29, 0.717) is 11.6 Å². The summed E-state index contributed by atoms with van der Waals surface area (Å²) in [6.45, 7) is 3.99. The Balaban J connectivity index is 1.31. The molecule has 1 saturated heterocycles. The third kappa shape index (κ3) is 4.75. The maximum Gasteiger partial charge on any atom is 0.261 e. The normalized spacial score (nSPS) is 13.9. The molecule has 2 heterocycles. The molecule has 0 unspecified atom stereocenters. The molecule has 2 N–H and O–H groups in total. The van der Waals surface area contributed by atoms with Crippen molar-refractivity contribution >= 4 is 43.9 Å². The summed E-state index contributed by atoms with van der Waals surface area (Å²) in [5.74, 6) is 1.46. The number of fused-ring (bicyclic) bond motifs is 1. The Morgan fingerprint density at radius 3 is 2.27 bits per heavy atom. The zero-order chi connectivity index (χ0) is 22.8. The number of rotatable bonds is 6. The van der Waals surface area contributed by atoms with Crippen LogP contribution in [0.2, 0.25) is 0 Å². The third-order valence-corrected chi connectivity index (χ3v) is 7.07. The molecule has 33 heavy (non-hydrogen) atoms. The largest absolute Gasteiger partial charge is 0.356 e. The number of nitrogens with one attached hydrogen (secondary N) is 2. The van der Waals surface area contributed by atoms with E-state index in [0.717, 1.165) is 41.1 Å². The number of benzene rings is 3. The maximum atomic E-state index is 12.9. The van der Waals surface area contributed by atoms with Gasteiger partial charge in [0, 0.05) is 36.2 Å². The summed E-state index contributed by atoms with van der Waals surface area (Å²) in [5.41, 5.74) is 2.16. The molecule has 5 rings (SSSR count). The average Bonchev–Trinajstić information content (AvgIpc) is 3.35. The van der Waals surface area contributed by atoms with E-state index in [1.807, 2.05) is 43.3 Å². The Labute approximate surface area is 193 Å². The summed E-state index contributed by atoms with van der Waals surface area (Å²) in [7, 11) is -3.70. The molecule has 0 bridgehead atoms. The lowest BCUT2D eigenvalue weighted by Crippen LogP contribution is -2.19. The summed E-state index contributed by atoms with van der Waals surface area (Å²) in [6.07, 6.45) is 2.37. The fourth-order valence-electron chi connectivity index (χ4n) is 4.02. The van der Waals surface area contributed by atoms with Gasteiger partial charge in [-0.3, -0.25) is 4.72 Å². The zero-order valence-electron chi connectivity index (χ0n) is 18.3. The van der Waals surface area contributed by atoms with Crippen LogP contribution in [0.15, 0.2) is 77.7 Å². The van der Waals surface area contributed by atoms with Crippen LogP contribution in [0.25, 0.3) is 10.8 Å². The van der Waals surface area contributed by atoms with Crippen LogP contribution in [0.4, 0.5) is 23.1 Å². The molecule has 1 fully saturated rings. The number of anilines is 4. The van der Waals surface area contributed by atoms with Crippen molar-refractivity contribution in [3.05, 3.63) is 78.5 Å². The van der Waals surface area contributed by atoms with E-state index < -0.39 is 10.0 Å². The Kier molecular flexibility index (Phi) is 5.60. The van der Waals surface area contributed by atoms with Crippen LogP contribution in [0.3, 0.4) is 0 Å². The zero-order valence-corrected chi connectivity index (χ0v) is 19.1. The summed E-state index contributed by atoms with van der Waals surface area (Å²) < 4.78 is 28.4. The highest BCUT2D eigenvalue weighted by molar-refractivity contribution is 7.92. The topological polar surface area (TPSA) is 87.2 Å². The van der Waals surface area contributed by atoms with Crippen LogP contribution >= 0.6 is 0 Å². The summed E-state index contributed by atoms with van der Waals surface area (Å²) in [5, 5.41) is 5.10. The Hall–Kier alpha value is -3.65. The van der Waals surface area contributed by atoms with Gasteiger partial charge < -0.3 is 10.2 Å². The number of sulfonamides is 1. The van der Waals surface area contributed by atoms with Gasteiger partial charge in [-0.15, -0.1) is 0 Å². The predicted molar refractivity (Wildman–Crippen MR) is 133 cm³/mol. The molecule has 168 valence electrons. The van der Waals surface area contributed by atoms with Gasteiger partial charge in [-0.05, 0) is 66.9 Å². The minimum atomic E-state index is -3.70. The van der Waals surface area contributed by atoms with Gasteiger partial charge in [-0.25, -0.2) is 13.4 Å². The molecule has 0 amide bonds. The number of aromatic nitrogens is 2. The lowest BCUT2D eigenvalue weighted by molar-refractivity contribution is 0.601. The summed E-state index contributed by atoms with van der Waals surface area (Å²) >= 11 is 0. The highest BCUT2D eigenvalue weighted by Crippen LogP contribution is 2.24. The highest BCUT2D eigenvalue weighted by Gasteiger charge is 2.16. The van der Waals surface area contributed by atoms with E-state index in [4.69, 9.17) is 0 Å². The number of hydrogen-bond donors (Lipinski definition) is 2. The molecular weight excluding hydrogens is 434 g/mol. The molecule has 1 aliphatic heterocycles. The standard InChI is InChI=1S/C25H25N5O2S/c1-18-16-24(30-14-4-5-15-30)28-25(26-18)27-21-9-11-22(12-10-21)29-33(31,32)23-13-8-19-6-2-3-7-20(19)17-23/h2-3,6-13,16-17,29H,4-5,14-15H2,1H3,(H,26,27,28). The van der Waals surface area contributed by atoms with E-state index in [1.165, 1.54) is 12.8 Å². The minimum absolute atomic E-state index is 0.228. The monoisotopic (exact) mass is 459 g/mol. The van der Waals surface area contributed by atoms with E-state index in [2.05, 4.69) is 24.9 Å². The third-order valence-electron chi connectivity index (χ3n) is 5.70. The first-order valence-corrected chi connectivity index (χ1v) is 12.4. The molecule has 0 radical (unpaired) electrons. The average molecular weight is 460 g/mol. The molecule has 1 aromatic heterocycles. The Morgan fingerprint density at radius 2 is 1.52 bits per heavy atom. The van der Waals surface area contributed by atoms with Crippen molar-refractivity contribution in [3.8, 4) is 0 Å². The fourth-order valence-corrected chi connectivity index (χ4v) is 5.11. The van der Waals surface area contributed by atoms with Gasteiger partial charge in [0.1, 0.15) is 5.82 Å². The van der Waals surface area contributed by atoms with Crippen molar-refractivity contribution in [1.29, 1.82) is 0 Å². The van der Waals surface area contributed by atoms with Crippen molar-refractivity contribution in [2.45, 2.75) is 24.7 Å². The number of hydrogen-bond acceptors (Lipinski definition) is 6. The van der Waals surface area contributed by atoms with Gasteiger partial charge in [-0.1, -0.05) is 30.3 Å². The second kappa shape index (κ2) is 8.71. The van der Waals surface area contributed by atoms with Gasteiger partial charge in [0.15, 0.2) is 0 Å². The minimum Gasteiger partial charge on any atom is -0.356 e. The van der Waals surface area contributed by atoms with Crippen LogP contribution < -0.4 is 14.9 Å². The van der Waals surface area contributed by atoms with Crippen LogP contribution in [-0.4, -0.2) is 31.5 Å². The highest BCUT2D eigenvalue weighted by atomic mass is 32.2. The first-order valence-electron chi connectivity index (χ1n) is 11.0. The molecule has 0 aliphatic carbocycles. The molecule has 8 heteroatoms. The second-order valence-corrected chi connectivity index (χ2v) is 9.88. The van der Waals surface area contributed by atoms with Gasteiger partial charge in [-0.2, -0.15) is 4.98 Å². The smallest absolute Gasteiger partial charge is 0.261 e. The van der Waals surface area contributed by atoms with Gasteiger partial charge in [0.05, 0.1) is 4.90 Å².